The van der Waals surface area contributed by atoms with Gasteiger partial charge in [0.15, 0.2) is 14.1 Å². The second kappa shape index (κ2) is 5.28. The summed E-state index contributed by atoms with van der Waals surface area (Å²) in [6, 6.07) is 0.883. The van der Waals surface area contributed by atoms with E-state index in [2.05, 4.69) is 38.8 Å². The third-order valence-electron chi connectivity index (χ3n) is 6.11. The maximum Gasteiger partial charge on any atom is 0.192 e. The molecule has 0 saturated carbocycles. The van der Waals surface area contributed by atoms with Gasteiger partial charge in [-0.25, -0.2) is 0 Å². The van der Waals surface area contributed by atoms with E-state index in [4.69, 9.17) is 13.9 Å². The lowest BCUT2D eigenvalue weighted by Gasteiger charge is -2.38. The van der Waals surface area contributed by atoms with E-state index >= 15 is 0 Å². The molecule has 0 aromatic carbocycles. The third kappa shape index (κ3) is 2.79. The summed E-state index contributed by atoms with van der Waals surface area (Å²) in [6.07, 6.45) is 2.90. The van der Waals surface area contributed by atoms with Gasteiger partial charge in [0.2, 0.25) is 0 Å². The normalized spacial score (nSPS) is 38.3. The summed E-state index contributed by atoms with van der Waals surface area (Å²) in [5.74, 6) is -0.445. The Kier molecular flexibility index (Phi) is 4.06. The SMILES string of the molecule is CC1(C)O[C@@H]2[C@H](O1)[C@@H](CO[Si](C)(C)C(C)(C)C)N1CCC[C@H]21. The molecule has 4 atom stereocenters. The van der Waals surface area contributed by atoms with Crippen LogP contribution in [-0.2, 0) is 13.9 Å². The van der Waals surface area contributed by atoms with Crippen molar-refractivity contribution in [3.05, 3.63) is 0 Å². The maximum absolute atomic E-state index is 6.52. The predicted molar refractivity (Wildman–Crippen MR) is 90.5 cm³/mol. The van der Waals surface area contributed by atoms with Gasteiger partial charge in [-0.15, -0.1) is 0 Å². The second-order valence-corrected chi connectivity index (χ2v) is 14.0. The minimum absolute atomic E-state index is 0.171. The number of fused-ring (bicyclic) bond motifs is 3. The van der Waals surface area contributed by atoms with Gasteiger partial charge < -0.3 is 13.9 Å². The van der Waals surface area contributed by atoms with Crippen molar-refractivity contribution in [3.8, 4) is 0 Å². The Labute approximate surface area is 136 Å². The Morgan fingerprint density at radius 3 is 2.45 bits per heavy atom. The lowest BCUT2D eigenvalue weighted by Crippen LogP contribution is -2.48. The summed E-state index contributed by atoms with van der Waals surface area (Å²) in [6.45, 7) is 17.6. The highest BCUT2D eigenvalue weighted by atomic mass is 28.4. The van der Waals surface area contributed by atoms with Gasteiger partial charge in [0.1, 0.15) is 12.2 Å². The van der Waals surface area contributed by atoms with Crippen LogP contribution in [0.25, 0.3) is 0 Å². The molecule has 0 aliphatic carbocycles. The van der Waals surface area contributed by atoms with Gasteiger partial charge in [-0.3, -0.25) is 4.90 Å². The molecule has 5 heteroatoms. The fourth-order valence-electron chi connectivity index (χ4n) is 3.88. The lowest BCUT2D eigenvalue weighted by atomic mass is 10.1. The molecule has 3 fully saturated rings. The maximum atomic E-state index is 6.52. The first-order chi connectivity index (χ1) is 10.0. The molecule has 3 heterocycles. The molecule has 0 aromatic heterocycles. The fraction of sp³-hybridized carbons (Fsp3) is 1.00. The van der Waals surface area contributed by atoms with Crippen molar-refractivity contribution in [1.82, 2.24) is 4.90 Å². The molecule has 0 unspecified atom stereocenters. The molecule has 3 saturated heterocycles. The number of rotatable bonds is 3. The van der Waals surface area contributed by atoms with Crippen LogP contribution in [0, 0.1) is 0 Å². The van der Waals surface area contributed by atoms with Gasteiger partial charge in [0.05, 0.1) is 12.6 Å². The van der Waals surface area contributed by atoms with Crippen LogP contribution in [0.15, 0.2) is 0 Å². The molecule has 3 rings (SSSR count). The highest BCUT2D eigenvalue weighted by Gasteiger charge is 2.59. The Balaban J connectivity index is 1.72. The van der Waals surface area contributed by atoms with E-state index in [0.29, 0.717) is 12.1 Å². The van der Waals surface area contributed by atoms with Crippen LogP contribution < -0.4 is 0 Å². The molecule has 128 valence electrons. The van der Waals surface area contributed by atoms with Gasteiger partial charge >= 0.3 is 0 Å². The first-order valence-corrected chi connectivity index (χ1v) is 11.7. The van der Waals surface area contributed by atoms with Crippen molar-refractivity contribution in [1.29, 1.82) is 0 Å². The average Bonchev–Trinajstić information content (AvgIpc) is 2.97. The molecule has 0 bridgehead atoms. The highest BCUT2D eigenvalue weighted by molar-refractivity contribution is 6.74. The summed E-state index contributed by atoms with van der Waals surface area (Å²) in [5.41, 5.74) is 0. The lowest BCUT2D eigenvalue weighted by molar-refractivity contribution is -0.166. The zero-order valence-electron chi connectivity index (χ0n) is 15.3. The van der Waals surface area contributed by atoms with Gasteiger partial charge in [-0.1, -0.05) is 20.8 Å². The molecule has 22 heavy (non-hydrogen) atoms. The zero-order valence-corrected chi connectivity index (χ0v) is 16.3. The van der Waals surface area contributed by atoms with Crippen molar-refractivity contribution in [3.63, 3.8) is 0 Å². The molecular formula is C17H33NO3Si. The summed E-state index contributed by atoms with van der Waals surface area (Å²) in [5, 5.41) is 0.252. The smallest absolute Gasteiger partial charge is 0.192 e. The number of ether oxygens (including phenoxy) is 2. The largest absolute Gasteiger partial charge is 0.415 e. The van der Waals surface area contributed by atoms with E-state index in [9.17, 15) is 0 Å². The van der Waals surface area contributed by atoms with Crippen LogP contribution >= 0.6 is 0 Å². The van der Waals surface area contributed by atoms with Crippen molar-refractivity contribution in [2.45, 2.75) is 95.7 Å². The molecule has 4 nitrogen and oxygen atoms in total. The zero-order chi connectivity index (χ0) is 16.3. The monoisotopic (exact) mass is 327 g/mol. The Hall–Kier alpha value is 0.0569. The summed E-state index contributed by atoms with van der Waals surface area (Å²) in [4.78, 5) is 2.59. The third-order valence-corrected chi connectivity index (χ3v) is 10.6. The quantitative estimate of drug-likeness (QED) is 0.744. The predicted octanol–water partition coefficient (Wildman–Crippen LogP) is 3.37. The summed E-state index contributed by atoms with van der Waals surface area (Å²) < 4.78 is 19.0. The van der Waals surface area contributed by atoms with Crippen molar-refractivity contribution in [2.75, 3.05) is 13.2 Å². The Morgan fingerprint density at radius 1 is 1.18 bits per heavy atom. The highest BCUT2D eigenvalue weighted by Crippen LogP contribution is 2.45. The number of hydrogen-bond donors (Lipinski definition) is 0. The Morgan fingerprint density at radius 2 is 1.82 bits per heavy atom. The van der Waals surface area contributed by atoms with Crippen LogP contribution in [0.5, 0.6) is 0 Å². The fourth-order valence-corrected chi connectivity index (χ4v) is 4.90. The first kappa shape index (κ1) is 16.9. The molecule has 3 aliphatic rings. The van der Waals surface area contributed by atoms with E-state index in [-0.39, 0.29) is 17.2 Å². The average molecular weight is 328 g/mol. The topological polar surface area (TPSA) is 30.9 Å². The van der Waals surface area contributed by atoms with Crippen LogP contribution in [-0.4, -0.2) is 56.4 Å². The van der Waals surface area contributed by atoms with E-state index in [1.165, 1.54) is 12.8 Å². The molecule has 0 amide bonds. The van der Waals surface area contributed by atoms with Crippen LogP contribution in [0.4, 0.5) is 0 Å². The van der Waals surface area contributed by atoms with E-state index in [1.807, 2.05) is 13.8 Å². The minimum Gasteiger partial charge on any atom is -0.415 e. The van der Waals surface area contributed by atoms with Crippen LogP contribution in [0.2, 0.25) is 18.1 Å². The van der Waals surface area contributed by atoms with Gasteiger partial charge in [0, 0.05) is 6.04 Å². The molecule has 0 N–H and O–H groups in total. The molecule has 0 radical (unpaired) electrons. The van der Waals surface area contributed by atoms with Crippen LogP contribution in [0.3, 0.4) is 0 Å². The molecular weight excluding hydrogens is 294 g/mol. The molecule has 0 spiro atoms. The van der Waals surface area contributed by atoms with Gasteiger partial charge in [0.25, 0.3) is 0 Å². The van der Waals surface area contributed by atoms with E-state index < -0.39 is 14.1 Å². The van der Waals surface area contributed by atoms with Crippen molar-refractivity contribution < 1.29 is 13.9 Å². The number of nitrogens with zero attached hydrogens (tertiary/aromatic N) is 1. The van der Waals surface area contributed by atoms with Crippen molar-refractivity contribution in [2.24, 2.45) is 0 Å². The van der Waals surface area contributed by atoms with Gasteiger partial charge in [-0.05, 0) is 51.4 Å². The minimum atomic E-state index is -1.72. The Bertz CT molecular complexity index is 432. The number of hydrogen-bond acceptors (Lipinski definition) is 4. The first-order valence-electron chi connectivity index (χ1n) is 8.77. The molecule has 0 aromatic rings. The second-order valence-electron chi connectivity index (χ2n) is 9.15. The molecule has 3 aliphatic heterocycles. The van der Waals surface area contributed by atoms with E-state index in [1.54, 1.807) is 0 Å². The van der Waals surface area contributed by atoms with E-state index in [0.717, 1.165) is 13.2 Å². The van der Waals surface area contributed by atoms with Gasteiger partial charge in [-0.2, -0.15) is 0 Å². The van der Waals surface area contributed by atoms with Crippen molar-refractivity contribution >= 4 is 8.32 Å². The summed E-state index contributed by atoms with van der Waals surface area (Å²) in [7, 11) is -1.72. The van der Waals surface area contributed by atoms with Crippen LogP contribution in [0.1, 0.15) is 47.5 Å². The standard InChI is InChI=1S/C17H33NO3Si/c1-16(2,3)22(6,7)19-11-13-15-14(20-17(4,5)21-15)12-9-8-10-18(12)13/h12-15H,8-11H2,1-7H3/t12-,13-,14+,15-/m1/s1. The summed E-state index contributed by atoms with van der Waals surface area (Å²) >= 11 is 0.